The van der Waals surface area contributed by atoms with Gasteiger partial charge in [-0.1, -0.05) is 36.4 Å². The van der Waals surface area contributed by atoms with Crippen LogP contribution in [0.4, 0.5) is 0 Å². The van der Waals surface area contributed by atoms with Crippen molar-refractivity contribution in [1.82, 2.24) is 9.80 Å². The van der Waals surface area contributed by atoms with Gasteiger partial charge in [-0.2, -0.15) is 0 Å². The number of hydrogen-bond donors (Lipinski definition) is 1. The van der Waals surface area contributed by atoms with Crippen LogP contribution in [0.1, 0.15) is 17.5 Å². The number of hydrogen-bond acceptors (Lipinski definition) is 5. The summed E-state index contributed by atoms with van der Waals surface area (Å²) in [5.41, 5.74) is 2.43. The summed E-state index contributed by atoms with van der Waals surface area (Å²) < 4.78 is 10.6. The van der Waals surface area contributed by atoms with Crippen molar-refractivity contribution in [3.63, 3.8) is 0 Å². The van der Waals surface area contributed by atoms with Crippen molar-refractivity contribution in [2.45, 2.75) is 19.0 Å². The van der Waals surface area contributed by atoms with Crippen molar-refractivity contribution in [2.75, 3.05) is 47.0 Å². The predicted octanol–water partition coefficient (Wildman–Crippen LogP) is 3.29. The summed E-state index contributed by atoms with van der Waals surface area (Å²) in [6, 6.07) is 16.7. The van der Waals surface area contributed by atoms with Crippen molar-refractivity contribution in [2.24, 2.45) is 0 Å². The Balaban J connectivity index is 1.55. The molecule has 1 aliphatic heterocycles. The fourth-order valence-corrected chi connectivity index (χ4v) is 3.81. The molecule has 1 atom stereocenters. The highest BCUT2D eigenvalue weighted by atomic mass is 16.5. The second-order valence-corrected chi connectivity index (χ2v) is 7.42. The quantitative estimate of drug-likeness (QED) is 0.705. The highest BCUT2D eigenvalue weighted by Crippen LogP contribution is 2.20. The lowest BCUT2D eigenvalue weighted by molar-refractivity contribution is 0.0596. The van der Waals surface area contributed by atoms with Crippen LogP contribution < -0.4 is 9.47 Å². The molecular weight excluding hydrogens is 364 g/mol. The van der Waals surface area contributed by atoms with Gasteiger partial charge in [-0.3, -0.25) is 9.80 Å². The van der Waals surface area contributed by atoms with Gasteiger partial charge in [0.05, 0.1) is 14.2 Å². The molecule has 0 bridgehead atoms. The summed E-state index contributed by atoms with van der Waals surface area (Å²) in [5, 5.41) is 9.55. The third-order valence-corrected chi connectivity index (χ3v) is 5.46. The van der Waals surface area contributed by atoms with Crippen LogP contribution in [0.2, 0.25) is 0 Å². The van der Waals surface area contributed by atoms with Crippen LogP contribution in [0, 0.1) is 0 Å². The average Bonchev–Trinajstić information content (AvgIpc) is 2.76. The zero-order chi connectivity index (χ0) is 20.5. The Kier molecular flexibility index (Phi) is 8.11. The molecule has 0 aliphatic carbocycles. The number of aliphatic hydroxyl groups is 1. The van der Waals surface area contributed by atoms with E-state index in [2.05, 4.69) is 46.2 Å². The van der Waals surface area contributed by atoms with Crippen LogP contribution in [0.25, 0.3) is 6.08 Å². The second kappa shape index (κ2) is 11.0. The molecule has 29 heavy (non-hydrogen) atoms. The molecule has 1 heterocycles. The van der Waals surface area contributed by atoms with Crippen LogP contribution in [-0.2, 0) is 6.54 Å². The van der Waals surface area contributed by atoms with Gasteiger partial charge in [0.1, 0.15) is 11.5 Å². The normalized spacial score (nSPS) is 18.2. The highest BCUT2D eigenvalue weighted by Gasteiger charge is 2.26. The molecule has 0 unspecified atom stereocenters. The lowest BCUT2D eigenvalue weighted by Gasteiger charge is -2.41. The van der Waals surface area contributed by atoms with E-state index in [0.29, 0.717) is 6.04 Å². The van der Waals surface area contributed by atoms with Gasteiger partial charge in [-0.25, -0.2) is 0 Å². The summed E-state index contributed by atoms with van der Waals surface area (Å²) in [6.45, 7) is 5.02. The Bertz CT molecular complexity index is 776. The molecule has 0 spiro atoms. The van der Waals surface area contributed by atoms with E-state index in [0.717, 1.165) is 50.6 Å². The molecule has 2 aromatic rings. The molecule has 1 N–H and O–H groups in total. The van der Waals surface area contributed by atoms with E-state index in [1.807, 2.05) is 24.3 Å². The number of ether oxygens (including phenoxy) is 2. The van der Waals surface area contributed by atoms with Gasteiger partial charge in [-0.05, 0) is 41.8 Å². The van der Waals surface area contributed by atoms with Gasteiger partial charge in [0.15, 0.2) is 0 Å². The van der Waals surface area contributed by atoms with E-state index in [1.165, 1.54) is 11.1 Å². The third kappa shape index (κ3) is 6.32. The van der Waals surface area contributed by atoms with Crippen molar-refractivity contribution in [3.05, 3.63) is 65.7 Å². The standard InChI is InChI=1S/C24H32N2O3/c1-28-23-10-8-20(9-11-23)6-4-13-25-14-15-26(22(19-25)12-16-27)18-21-5-3-7-24(17-21)29-2/h3-11,17,22,27H,12-16,18-19H2,1-2H3/b6-4+/t22-/m1/s1. The number of piperazine rings is 1. The monoisotopic (exact) mass is 396 g/mol. The number of nitrogens with zero attached hydrogens (tertiary/aromatic N) is 2. The van der Waals surface area contributed by atoms with Gasteiger partial charge in [0, 0.05) is 45.4 Å². The van der Waals surface area contributed by atoms with Gasteiger partial charge in [0.2, 0.25) is 0 Å². The molecule has 0 aromatic heterocycles. The zero-order valence-corrected chi connectivity index (χ0v) is 17.5. The molecule has 0 radical (unpaired) electrons. The highest BCUT2D eigenvalue weighted by molar-refractivity contribution is 5.50. The van der Waals surface area contributed by atoms with E-state index >= 15 is 0 Å². The minimum absolute atomic E-state index is 0.217. The second-order valence-electron chi connectivity index (χ2n) is 7.42. The predicted molar refractivity (Wildman–Crippen MR) is 117 cm³/mol. The largest absolute Gasteiger partial charge is 0.497 e. The maximum absolute atomic E-state index is 9.55. The number of benzene rings is 2. The number of methoxy groups -OCH3 is 2. The van der Waals surface area contributed by atoms with Crippen LogP contribution in [0.3, 0.4) is 0 Å². The van der Waals surface area contributed by atoms with Crippen LogP contribution in [0.15, 0.2) is 54.6 Å². The van der Waals surface area contributed by atoms with Gasteiger partial charge >= 0.3 is 0 Å². The fraction of sp³-hybridized carbons (Fsp3) is 0.417. The van der Waals surface area contributed by atoms with Crippen molar-refractivity contribution < 1.29 is 14.6 Å². The molecule has 156 valence electrons. The van der Waals surface area contributed by atoms with E-state index in [4.69, 9.17) is 9.47 Å². The first kappa shape index (κ1) is 21.4. The Morgan fingerprint density at radius 3 is 2.55 bits per heavy atom. The first-order chi connectivity index (χ1) is 14.2. The van der Waals surface area contributed by atoms with E-state index in [-0.39, 0.29) is 6.61 Å². The topological polar surface area (TPSA) is 45.2 Å². The third-order valence-electron chi connectivity index (χ3n) is 5.46. The molecule has 0 saturated carbocycles. The van der Waals surface area contributed by atoms with E-state index in [1.54, 1.807) is 14.2 Å². The van der Waals surface area contributed by atoms with Crippen molar-refractivity contribution in [1.29, 1.82) is 0 Å². The van der Waals surface area contributed by atoms with Gasteiger partial charge < -0.3 is 14.6 Å². The molecule has 5 heteroatoms. The van der Waals surface area contributed by atoms with Crippen LogP contribution in [-0.4, -0.2) is 68.0 Å². The lowest BCUT2D eigenvalue weighted by Crippen LogP contribution is -2.52. The smallest absolute Gasteiger partial charge is 0.119 e. The molecule has 3 rings (SSSR count). The van der Waals surface area contributed by atoms with Crippen LogP contribution >= 0.6 is 0 Å². The summed E-state index contributed by atoms with van der Waals surface area (Å²) in [4.78, 5) is 4.94. The van der Waals surface area contributed by atoms with Crippen molar-refractivity contribution >= 4 is 6.08 Å². The Morgan fingerprint density at radius 1 is 1.03 bits per heavy atom. The van der Waals surface area contributed by atoms with Gasteiger partial charge in [-0.15, -0.1) is 0 Å². The summed E-state index contributed by atoms with van der Waals surface area (Å²) in [5.74, 6) is 1.77. The van der Waals surface area contributed by atoms with E-state index < -0.39 is 0 Å². The summed E-state index contributed by atoms with van der Waals surface area (Å²) >= 11 is 0. The SMILES string of the molecule is COc1ccc(/C=C/CN2CCN(Cc3cccc(OC)c3)[C@H](CCO)C2)cc1. The maximum atomic E-state index is 9.55. The maximum Gasteiger partial charge on any atom is 0.119 e. The molecule has 2 aromatic carbocycles. The first-order valence-corrected chi connectivity index (χ1v) is 10.2. The molecule has 1 aliphatic rings. The van der Waals surface area contributed by atoms with E-state index in [9.17, 15) is 5.11 Å². The Hall–Kier alpha value is -2.34. The zero-order valence-electron chi connectivity index (χ0n) is 17.5. The molecular formula is C24H32N2O3. The minimum atomic E-state index is 0.217. The number of rotatable bonds is 9. The molecule has 5 nitrogen and oxygen atoms in total. The molecule has 1 fully saturated rings. The summed E-state index contributed by atoms with van der Waals surface area (Å²) in [7, 11) is 3.38. The first-order valence-electron chi connectivity index (χ1n) is 10.2. The average molecular weight is 397 g/mol. The Morgan fingerprint density at radius 2 is 1.83 bits per heavy atom. The molecule has 0 amide bonds. The lowest BCUT2D eigenvalue weighted by atomic mass is 10.1. The number of aliphatic hydroxyl groups excluding tert-OH is 1. The fourth-order valence-electron chi connectivity index (χ4n) is 3.81. The van der Waals surface area contributed by atoms with Gasteiger partial charge in [0.25, 0.3) is 0 Å². The summed E-state index contributed by atoms with van der Waals surface area (Å²) in [6.07, 6.45) is 5.17. The van der Waals surface area contributed by atoms with Crippen LogP contribution in [0.5, 0.6) is 11.5 Å². The minimum Gasteiger partial charge on any atom is -0.497 e. The molecule has 1 saturated heterocycles. The van der Waals surface area contributed by atoms with Crippen molar-refractivity contribution in [3.8, 4) is 11.5 Å². The Labute approximate surface area is 174 Å².